The van der Waals surface area contributed by atoms with Gasteiger partial charge in [0, 0.05) is 9.90 Å². The number of nitrogens with one attached hydrogen (secondary N) is 1. The highest BCUT2D eigenvalue weighted by Crippen LogP contribution is 2.38. The van der Waals surface area contributed by atoms with E-state index < -0.39 is 11.6 Å². The number of hydrogen-bond acceptors (Lipinski definition) is 2. The molecule has 1 aromatic carbocycles. The molecule has 1 nitrogen and oxygen atoms in total. The summed E-state index contributed by atoms with van der Waals surface area (Å²) in [5, 5.41) is 6.05. The van der Waals surface area contributed by atoms with Gasteiger partial charge >= 0.3 is 0 Å². The molecule has 0 aliphatic rings. The first kappa shape index (κ1) is 16.7. The van der Waals surface area contributed by atoms with Gasteiger partial charge in [-0.2, -0.15) is 0 Å². The predicted octanol–water partition coefficient (Wildman–Crippen LogP) is 5.73. The lowest BCUT2D eigenvalue weighted by Gasteiger charge is -2.20. The third-order valence-corrected chi connectivity index (χ3v) is 5.24. The first-order chi connectivity index (χ1) is 9.95. The second-order valence-corrected chi connectivity index (χ2v) is 6.47. The lowest BCUT2D eigenvalue weighted by atomic mass is 10.0. The summed E-state index contributed by atoms with van der Waals surface area (Å²) in [4.78, 5) is 0.857. The van der Waals surface area contributed by atoms with E-state index in [0.717, 1.165) is 29.0 Å². The number of hydrogen-bond donors (Lipinski definition) is 1. The van der Waals surface area contributed by atoms with Crippen LogP contribution >= 0.6 is 34.5 Å². The first-order valence-corrected chi connectivity index (χ1v) is 8.20. The molecule has 1 N–H and O–H groups in total. The molecule has 21 heavy (non-hydrogen) atoms. The molecule has 2 rings (SSSR count). The monoisotopic (exact) mass is 349 g/mol. The average Bonchev–Trinajstić information content (AvgIpc) is 2.77. The van der Waals surface area contributed by atoms with Gasteiger partial charge in [-0.25, -0.2) is 8.78 Å². The minimum absolute atomic E-state index is 0.185. The van der Waals surface area contributed by atoms with Gasteiger partial charge in [-0.15, -0.1) is 11.3 Å². The lowest BCUT2D eigenvalue weighted by molar-refractivity contribution is 0.503. The number of thiophene rings is 1. The molecule has 1 aromatic heterocycles. The Morgan fingerprint density at radius 2 is 1.90 bits per heavy atom. The molecule has 0 aliphatic carbocycles. The van der Waals surface area contributed by atoms with E-state index in [1.54, 1.807) is 0 Å². The fourth-order valence-corrected chi connectivity index (χ4v) is 3.69. The maximum atomic E-state index is 13.6. The number of aryl methyl sites for hydroxylation is 1. The van der Waals surface area contributed by atoms with Crippen molar-refractivity contribution in [2.24, 2.45) is 0 Å². The highest BCUT2D eigenvalue weighted by molar-refractivity contribution is 7.10. The Bertz CT molecular complexity index is 643. The third kappa shape index (κ3) is 3.57. The van der Waals surface area contributed by atoms with Gasteiger partial charge in [0.1, 0.15) is 0 Å². The van der Waals surface area contributed by atoms with E-state index in [4.69, 9.17) is 23.2 Å². The molecule has 1 atom stereocenters. The van der Waals surface area contributed by atoms with Gasteiger partial charge in [0.25, 0.3) is 0 Å². The van der Waals surface area contributed by atoms with Gasteiger partial charge in [0.05, 0.1) is 11.1 Å². The van der Waals surface area contributed by atoms with Crippen LogP contribution in [0, 0.1) is 18.6 Å². The Morgan fingerprint density at radius 3 is 2.48 bits per heavy atom. The summed E-state index contributed by atoms with van der Waals surface area (Å²) in [6.45, 7) is 4.65. The molecule has 114 valence electrons. The van der Waals surface area contributed by atoms with Crippen molar-refractivity contribution >= 4 is 34.5 Å². The van der Waals surface area contributed by atoms with Crippen LogP contribution in [0.5, 0.6) is 0 Å². The Morgan fingerprint density at radius 1 is 1.24 bits per heavy atom. The Kier molecular flexibility index (Phi) is 5.60. The summed E-state index contributed by atoms with van der Waals surface area (Å²) in [6.07, 6.45) is 0.903. The van der Waals surface area contributed by atoms with Crippen LogP contribution in [0.2, 0.25) is 10.0 Å². The van der Waals surface area contributed by atoms with Crippen LogP contribution in [0.3, 0.4) is 0 Å². The molecule has 0 saturated carbocycles. The molecule has 1 heterocycles. The topological polar surface area (TPSA) is 12.0 Å². The molecule has 0 fully saturated rings. The van der Waals surface area contributed by atoms with E-state index >= 15 is 0 Å². The molecular formula is C15H15Cl2F2NS. The Hall–Kier alpha value is -0.680. The van der Waals surface area contributed by atoms with Crippen molar-refractivity contribution in [2.45, 2.75) is 26.3 Å². The van der Waals surface area contributed by atoms with Gasteiger partial charge in [0.15, 0.2) is 11.6 Å². The first-order valence-electron chi connectivity index (χ1n) is 6.57. The molecule has 0 bridgehead atoms. The van der Waals surface area contributed by atoms with Crippen LogP contribution < -0.4 is 5.32 Å². The van der Waals surface area contributed by atoms with Gasteiger partial charge in [0.2, 0.25) is 0 Å². The van der Waals surface area contributed by atoms with Crippen LogP contribution in [-0.2, 0) is 0 Å². The molecule has 0 spiro atoms. The highest BCUT2D eigenvalue weighted by Gasteiger charge is 2.23. The summed E-state index contributed by atoms with van der Waals surface area (Å²) < 4.78 is 26.8. The van der Waals surface area contributed by atoms with E-state index in [1.165, 1.54) is 11.3 Å². The minimum Gasteiger partial charge on any atom is -0.306 e. The quantitative estimate of drug-likeness (QED) is 0.679. The Labute approximate surface area is 136 Å². The van der Waals surface area contributed by atoms with Gasteiger partial charge in [-0.05, 0) is 48.5 Å². The zero-order valence-electron chi connectivity index (χ0n) is 11.6. The molecule has 6 heteroatoms. The number of halogens is 4. The molecule has 0 saturated heterocycles. The van der Waals surface area contributed by atoms with Crippen molar-refractivity contribution < 1.29 is 8.78 Å². The number of benzene rings is 1. The summed E-state index contributed by atoms with van der Waals surface area (Å²) >= 11 is 13.9. The van der Waals surface area contributed by atoms with Crippen LogP contribution in [0.15, 0.2) is 17.5 Å². The van der Waals surface area contributed by atoms with Crippen molar-refractivity contribution in [1.82, 2.24) is 5.32 Å². The average molecular weight is 350 g/mol. The van der Waals surface area contributed by atoms with E-state index in [1.807, 2.05) is 19.2 Å². The van der Waals surface area contributed by atoms with Crippen molar-refractivity contribution in [2.75, 3.05) is 6.54 Å². The van der Waals surface area contributed by atoms with Crippen LogP contribution in [0.1, 0.15) is 35.4 Å². The fourth-order valence-electron chi connectivity index (χ4n) is 2.04. The summed E-state index contributed by atoms with van der Waals surface area (Å²) in [5.41, 5.74) is 1.45. The molecule has 1 unspecified atom stereocenters. The van der Waals surface area contributed by atoms with E-state index in [2.05, 4.69) is 5.32 Å². The van der Waals surface area contributed by atoms with Crippen molar-refractivity contribution in [3.8, 4) is 0 Å². The fraction of sp³-hybridized carbons (Fsp3) is 0.333. The highest BCUT2D eigenvalue weighted by atomic mass is 35.5. The second-order valence-electron chi connectivity index (χ2n) is 4.77. The lowest BCUT2D eigenvalue weighted by Crippen LogP contribution is -2.23. The minimum atomic E-state index is -0.952. The van der Waals surface area contributed by atoms with Crippen molar-refractivity contribution in [3.05, 3.63) is 55.2 Å². The molecular weight excluding hydrogens is 335 g/mol. The Balaban J connectivity index is 2.50. The number of rotatable bonds is 5. The van der Waals surface area contributed by atoms with Crippen molar-refractivity contribution in [1.29, 1.82) is 0 Å². The maximum absolute atomic E-state index is 13.6. The normalized spacial score (nSPS) is 12.7. The SMILES string of the molecule is CCCNC(c1cc(F)c(F)cc1Cl)c1scc(C)c1Cl. The predicted molar refractivity (Wildman–Crippen MR) is 85.6 cm³/mol. The summed E-state index contributed by atoms with van der Waals surface area (Å²) in [6, 6.07) is 1.79. The summed E-state index contributed by atoms with van der Waals surface area (Å²) in [7, 11) is 0. The van der Waals surface area contributed by atoms with Crippen molar-refractivity contribution in [3.63, 3.8) is 0 Å². The van der Waals surface area contributed by atoms with Gasteiger partial charge in [-0.1, -0.05) is 30.1 Å². The van der Waals surface area contributed by atoms with Crippen LogP contribution in [-0.4, -0.2) is 6.54 Å². The molecule has 0 amide bonds. The van der Waals surface area contributed by atoms with Gasteiger partial charge < -0.3 is 5.32 Å². The standard InChI is InChI=1S/C15H15Cl2F2NS/c1-3-4-20-14(15-13(17)8(2)7-21-15)9-5-11(18)12(19)6-10(9)16/h5-7,14,20H,3-4H2,1-2H3. The molecule has 0 radical (unpaired) electrons. The van der Waals surface area contributed by atoms with Crippen LogP contribution in [0.4, 0.5) is 8.78 Å². The molecule has 2 aromatic rings. The van der Waals surface area contributed by atoms with Gasteiger partial charge in [-0.3, -0.25) is 0 Å². The third-order valence-electron chi connectivity index (χ3n) is 3.14. The zero-order valence-corrected chi connectivity index (χ0v) is 14.0. The largest absolute Gasteiger partial charge is 0.306 e. The smallest absolute Gasteiger partial charge is 0.160 e. The zero-order chi connectivity index (χ0) is 15.6. The van der Waals surface area contributed by atoms with E-state index in [9.17, 15) is 8.78 Å². The summed E-state index contributed by atoms with van der Waals surface area (Å²) in [5.74, 6) is -1.87. The second kappa shape index (κ2) is 7.05. The maximum Gasteiger partial charge on any atom is 0.160 e. The van der Waals surface area contributed by atoms with E-state index in [0.29, 0.717) is 17.1 Å². The van der Waals surface area contributed by atoms with Crippen LogP contribution in [0.25, 0.3) is 0 Å². The molecule has 0 aliphatic heterocycles. The van der Waals surface area contributed by atoms with E-state index in [-0.39, 0.29) is 11.1 Å².